The van der Waals surface area contributed by atoms with Crippen LogP contribution in [0.3, 0.4) is 0 Å². The van der Waals surface area contributed by atoms with Gasteiger partial charge in [-0.05, 0) is 52.8 Å². The van der Waals surface area contributed by atoms with E-state index in [9.17, 15) is 4.79 Å². The highest BCUT2D eigenvalue weighted by Crippen LogP contribution is 2.19. The molecule has 21 heavy (non-hydrogen) atoms. The third-order valence-corrected chi connectivity index (χ3v) is 3.55. The fraction of sp³-hybridized carbons (Fsp3) is 0.667. The lowest BCUT2D eigenvalue weighted by Gasteiger charge is -2.32. The molecule has 2 heterocycles. The van der Waals surface area contributed by atoms with E-state index >= 15 is 0 Å². The number of nitrogens with two attached hydrogens (primary N) is 1. The smallest absolute Gasteiger partial charge is 0.223 e. The molecule has 0 atom stereocenters. The molecule has 2 rings (SSSR count). The second-order valence-electron chi connectivity index (χ2n) is 6.69. The molecule has 0 radical (unpaired) electrons. The molecule has 1 aliphatic rings. The van der Waals surface area contributed by atoms with Crippen LogP contribution >= 0.6 is 0 Å². The fourth-order valence-electron chi connectivity index (χ4n) is 2.52. The van der Waals surface area contributed by atoms with E-state index in [4.69, 9.17) is 5.73 Å². The van der Waals surface area contributed by atoms with Gasteiger partial charge in [0.2, 0.25) is 5.91 Å². The van der Waals surface area contributed by atoms with Gasteiger partial charge in [-0.3, -0.25) is 9.69 Å². The normalized spacial score (nSPS) is 17.7. The number of amides is 1. The summed E-state index contributed by atoms with van der Waals surface area (Å²) in [6.07, 6.45) is 3.44. The molecule has 6 heteroatoms. The number of nitrogen functional groups attached to an aromatic ring is 1. The van der Waals surface area contributed by atoms with Crippen molar-refractivity contribution in [3.8, 4) is 0 Å². The first kappa shape index (κ1) is 15.7. The third-order valence-electron chi connectivity index (χ3n) is 3.55. The van der Waals surface area contributed by atoms with Gasteiger partial charge in [-0.2, -0.15) is 0 Å². The first-order valence-electron chi connectivity index (χ1n) is 7.45. The molecule has 1 amide bonds. The maximum atomic E-state index is 12.2. The number of nitrogens with zero attached hydrogens (tertiary/aromatic N) is 3. The number of carbonyl (C=O) groups is 1. The van der Waals surface area contributed by atoms with Crippen molar-refractivity contribution >= 4 is 11.7 Å². The number of piperidine rings is 1. The minimum Gasteiger partial charge on any atom is -0.384 e. The predicted molar refractivity (Wildman–Crippen MR) is 82.3 cm³/mol. The molecule has 1 saturated heterocycles. The number of carbonyl (C=O) groups excluding carboxylic acids is 1. The summed E-state index contributed by atoms with van der Waals surface area (Å²) in [6, 6.07) is 1.69. The van der Waals surface area contributed by atoms with Crippen molar-refractivity contribution in [1.29, 1.82) is 0 Å². The molecule has 0 saturated carbocycles. The number of rotatable bonds is 3. The molecule has 1 aromatic heterocycles. The Hall–Kier alpha value is -1.69. The summed E-state index contributed by atoms with van der Waals surface area (Å²) in [4.78, 5) is 22.9. The van der Waals surface area contributed by atoms with Gasteiger partial charge in [0.1, 0.15) is 11.6 Å². The van der Waals surface area contributed by atoms with Gasteiger partial charge in [0, 0.05) is 17.7 Å². The number of hydrogen-bond donors (Lipinski definition) is 2. The van der Waals surface area contributed by atoms with E-state index in [0.717, 1.165) is 31.8 Å². The first-order valence-corrected chi connectivity index (χ1v) is 7.45. The zero-order chi connectivity index (χ0) is 15.5. The van der Waals surface area contributed by atoms with Crippen LogP contribution in [-0.2, 0) is 11.3 Å². The lowest BCUT2D eigenvalue weighted by Crippen LogP contribution is -2.46. The van der Waals surface area contributed by atoms with Gasteiger partial charge in [-0.15, -0.1) is 0 Å². The van der Waals surface area contributed by atoms with Crippen molar-refractivity contribution in [1.82, 2.24) is 20.2 Å². The quantitative estimate of drug-likeness (QED) is 0.874. The van der Waals surface area contributed by atoms with E-state index in [1.807, 2.05) is 20.8 Å². The van der Waals surface area contributed by atoms with Gasteiger partial charge in [0.25, 0.3) is 0 Å². The number of aromatic nitrogens is 2. The Bertz CT molecular complexity index is 489. The van der Waals surface area contributed by atoms with Crippen LogP contribution in [-0.4, -0.2) is 39.4 Å². The summed E-state index contributed by atoms with van der Waals surface area (Å²) in [5.74, 6) is 1.52. The van der Waals surface area contributed by atoms with E-state index < -0.39 is 0 Å². The maximum absolute atomic E-state index is 12.2. The minimum atomic E-state index is -0.163. The standard InChI is InChI=1S/C15H25N5O/c1-15(2,3)19-14(21)11-5-8-20(9-6-11)10-13-17-7-4-12(16)18-13/h4,7,11H,5-6,8-10H2,1-3H3,(H,19,21)(H2,16,17,18). The number of anilines is 1. The Morgan fingerprint density at radius 2 is 2.10 bits per heavy atom. The topological polar surface area (TPSA) is 84.1 Å². The van der Waals surface area contributed by atoms with Crippen LogP contribution < -0.4 is 11.1 Å². The molecule has 0 unspecified atom stereocenters. The Kier molecular flexibility index (Phi) is 4.77. The largest absolute Gasteiger partial charge is 0.384 e. The molecule has 116 valence electrons. The van der Waals surface area contributed by atoms with Gasteiger partial charge in [-0.25, -0.2) is 9.97 Å². The zero-order valence-corrected chi connectivity index (χ0v) is 13.1. The van der Waals surface area contributed by atoms with Crippen molar-refractivity contribution in [2.75, 3.05) is 18.8 Å². The Labute approximate surface area is 126 Å². The highest BCUT2D eigenvalue weighted by atomic mass is 16.2. The van der Waals surface area contributed by atoms with Gasteiger partial charge in [0.15, 0.2) is 0 Å². The molecule has 6 nitrogen and oxygen atoms in total. The summed E-state index contributed by atoms with van der Waals surface area (Å²) in [6.45, 7) is 8.50. The molecular weight excluding hydrogens is 266 g/mol. The van der Waals surface area contributed by atoms with Crippen LogP contribution in [0.2, 0.25) is 0 Å². The summed E-state index contributed by atoms with van der Waals surface area (Å²) < 4.78 is 0. The van der Waals surface area contributed by atoms with Crippen LogP contribution in [0.15, 0.2) is 12.3 Å². The summed E-state index contributed by atoms with van der Waals surface area (Å²) in [7, 11) is 0. The van der Waals surface area contributed by atoms with Crippen molar-refractivity contribution in [3.05, 3.63) is 18.1 Å². The van der Waals surface area contributed by atoms with Crippen LogP contribution in [0.5, 0.6) is 0 Å². The molecule has 0 aliphatic carbocycles. The Morgan fingerprint density at radius 3 is 2.67 bits per heavy atom. The molecule has 0 bridgehead atoms. The lowest BCUT2D eigenvalue weighted by molar-refractivity contribution is -0.127. The summed E-state index contributed by atoms with van der Waals surface area (Å²) >= 11 is 0. The zero-order valence-electron chi connectivity index (χ0n) is 13.1. The SMILES string of the molecule is CC(C)(C)NC(=O)C1CCN(Cc2nccc(N)n2)CC1. The monoisotopic (exact) mass is 291 g/mol. The molecule has 1 aromatic rings. The average molecular weight is 291 g/mol. The number of nitrogens with one attached hydrogen (secondary N) is 1. The molecular formula is C15H25N5O. The van der Waals surface area contributed by atoms with Crippen molar-refractivity contribution in [3.63, 3.8) is 0 Å². The second kappa shape index (κ2) is 6.39. The third kappa shape index (κ3) is 4.97. The van der Waals surface area contributed by atoms with Gasteiger partial charge in [0.05, 0.1) is 6.54 Å². The lowest BCUT2D eigenvalue weighted by atomic mass is 9.94. The summed E-state index contributed by atoms with van der Waals surface area (Å²) in [5, 5.41) is 3.06. The first-order chi connectivity index (χ1) is 9.83. The molecule has 1 aliphatic heterocycles. The van der Waals surface area contributed by atoms with Gasteiger partial charge >= 0.3 is 0 Å². The van der Waals surface area contributed by atoms with E-state index in [-0.39, 0.29) is 17.4 Å². The van der Waals surface area contributed by atoms with Gasteiger partial charge in [-0.1, -0.05) is 0 Å². The minimum absolute atomic E-state index is 0.113. The molecule has 0 spiro atoms. The van der Waals surface area contributed by atoms with Crippen LogP contribution in [0.4, 0.5) is 5.82 Å². The van der Waals surface area contributed by atoms with Crippen LogP contribution in [0.25, 0.3) is 0 Å². The summed E-state index contributed by atoms with van der Waals surface area (Å²) in [5.41, 5.74) is 5.50. The Balaban J connectivity index is 1.82. The highest BCUT2D eigenvalue weighted by Gasteiger charge is 2.27. The fourth-order valence-corrected chi connectivity index (χ4v) is 2.52. The van der Waals surface area contributed by atoms with Crippen molar-refractivity contribution < 1.29 is 4.79 Å². The molecule has 3 N–H and O–H groups in total. The highest BCUT2D eigenvalue weighted by molar-refractivity contribution is 5.79. The van der Waals surface area contributed by atoms with E-state index in [2.05, 4.69) is 20.2 Å². The van der Waals surface area contributed by atoms with Crippen LogP contribution in [0.1, 0.15) is 39.4 Å². The van der Waals surface area contributed by atoms with Gasteiger partial charge < -0.3 is 11.1 Å². The van der Waals surface area contributed by atoms with Crippen LogP contribution in [0, 0.1) is 5.92 Å². The second-order valence-corrected chi connectivity index (χ2v) is 6.69. The average Bonchev–Trinajstić information content (AvgIpc) is 2.37. The number of likely N-dealkylation sites (tertiary alicyclic amines) is 1. The van der Waals surface area contributed by atoms with Crippen molar-refractivity contribution in [2.24, 2.45) is 5.92 Å². The number of hydrogen-bond acceptors (Lipinski definition) is 5. The van der Waals surface area contributed by atoms with E-state index in [1.165, 1.54) is 0 Å². The predicted octanol–water partition coefficient (Wildman–Crippen LogP) is 1.19. The Morgan fingerprint density at radius 1 is 1.43 bits per heavy atom. The maximum Gasteiger partial charge on any atom is 0.223 e. The molecule has 1 fully saturated rings. The van der Waals surface area contributed by atoms with E-state index in [0.29, 0.717) is 12.4 Å². The molecule has 0 aromatic carbocycles. The van der Waals surface area contributed by atoms with E-state index in [1.54, 1.807) is 12.3 Å². The van der Waals surface area contributed by atoms with Crippen molar-refractivity contribution in [2.45, 2.75) is 45.7 Å².